The first-order valence-electron chi connectivity index (χ1n) is 16.9. The number of nitrogens with zero attached hydrogens (tertiary/aromatic N) is 3. The standard InChI is InChI=1S/C33H61N5O/c1-26(2)37-20-28(18-27(3)36-14-9-32(10-15-36)22-35-23-32)33(24-37)7-6-29(39-25-33)19-30(4,5)38-16-11-31(12-17-38)8-13-34-21-31/h26-29,34-35H,6-25H2,1-5H3. The molecule has 0 aromatic rings. The third-order valence-corrected chi connectivity index (χ3v) is 13.0. The summed E-state index contributed by atoms with van der Waals surface area (Å²) < 4.78 is 6.89. The number of likely N-dealkylation sites (tertiary alicyclic amines) is 3. The van der Waals surface area contributed by atoms with Crippen molar-refractivity contribution in [2.75, 3.05) is 72.1 Å². The number of piperidine rings is 2. The molecular formula is C33H61N5O. The maximum Gasteiger partial charge on any atom is 0.0593 e. The summed E-state index contributed by atoms with van der Waals surface area (Å²) in [6, 6.07) is 1.33. The fourth-order valence-electron chi connectivity index (χ4n) is 9.62. The quantitative estimate of drug-likeness (QED) is 0.502. The predicted molar refractivity (Wildman–Crippen MR) is 161 cm³/mol. The van der Waals surface area contributed by atoms with Crippen molar-refractivity contribution in [1.82, 2.24) is 25.3 Å². The second kappa shape index (κ2) is 11.1. The predicted octanol–water partition coefficient (Wildman–Crippen LogP) is 4.20. The number of nitrogens with one attached hydrogen (secondary N) is 2. The number of ether oxygens (including phenoxy) is 1. The minimum Gasteiger partial charge on any atom is -0.378 e. The van der Waals surface area contributed by atoms with Gasteiger partial charge in [-0.15, -0.1) is 0 Å². The summed E-state index contributed by atoms with van der Waals surface area (Å²) in [4.78, 5) is 8.40. The molecule has 2 N–H and O–H groups in total. The van der Waals surface area contributed by atoms with Gasteiger partial charge < -0.3 is 20.3 Å². The van der Waals surface area contributed by atoms with Crippen LogP contribution in [-0.4, -0.2) is 110 Å². The van der Waals surface area contributed by atoms with Gasteiger partial charge in [-0.1, -0.05) is 0 Å². The Morgan fingerprint density at radius 2 is 1.54 bits per heavy atom. The SMILES string of the molecule is CC(C)N1CC(CC(C)N2CCC3(CC2)CNC3)C2(CCC(CC(C)(C)N3CCC4(CCNC4)CC3)OC2)C1. The van der Waals surface area contributed by atoms with Crippen molar-refractivity contribution >= 4 is 0 Å². The molecule has 0 aliphatic carbocycles. The number of hydrogen-bond donors (Lipinski definition) is 2. The number of rotatable bonds is 7. The summed E-state index contributed by atoms with van der Waals surface area (Å²) in [5.41, 5.74) is 1.84. The van der Waals surface area contributed by atoms with Gasteiger partial charge in [0, 0.05) is 55.8 Å². The zero-order chi connectivity index (χ0) is 27.3. The molecule has 6 rings (SSSR count). The average molecular weight is 544 g/mol. The minimum absolute atomic E-state index is 0.234. The Hall–Kier alpha value is -0.240. The van der Waals surface area contributed by atoms with Crippen LogP contribution in [-0.2, 0) is 4.74 Å². The lowest BCUT2D eigenvalue weighted by molar-refractivity contribution is -0.0988. The van der Waals surface area contributed by atoms with E-state index in [1.807, 2.05) is 0 Å². The Balaban J connectivity index is 1.03. The largest absolute Gasteiger partial charge is 0.378 e. The lowest BCUT2D eigenvalue weighted by Crippen LogP contribution is -2.59. The Bertz CT molecular complexity index is 806. The van der Waals surface area contributed by atoms with E-state index in [0.29, 0.717) is 34.4 Å². The summed E-state index contributed by atoms with van der Waals surface area (Å²) in [7, 11) is 0. The Kier molecular flexibility index (Phi) is 8.22. The van der Waals surface area contributed by atoms with Gasteiger partial charge in [-0.3, -0.25) is 9.80 Å². The summed E-state index contributed by atoms with van der Waals surface area (Å²) >= 11 is 0. The van der Waals surface area contributed by atoms with E-state index in [0.717, 1.165) is 12.5 Å². The lowest BCUT2D eigenvalue weighted by atomic mass is 9.69. The van der Waals surface area contributed by atoms with E-state index >= 15 is 0 Å². The van der Waals surface area contributed by atoms with Crippen molar-refractivity contribution in [3.05, 3.63) is 0 Å². The first-order valence-corrected chi connectivity index (χ1v) is 16.9. The molecule has 6 heteroatoms. The smallest absolute Gasteiger partial charge is 0.0593 e. The van der Waals surface area contributed by atoms with Crippen LogP contribution < -0.4 is 10.6 Å². The van der Waals surface area contributed by atoms with Gasteiger partial charge in [0.15, 0.2) is 0 Å². The molecule has 0 aromatic carbocycles. The summed E-state index contributed by atoms with van der Waals surface area (Å²) in [5.74, 6) is 0.767. The van der Waals surface area contributed by atoms with Crippen LogP contribution in [0.2, 0.25) is 0 Å². The topological polar surface area (TPSA) is 43.0 Å². The Morgan fingerprint density at radius 3 is 2.10 bits per heavy atom. The molecule has 39 heavy (non-hydrogen) atoms. The normalized spacial score (nSPS) is 36.8. The molecule has 6 saturated heterocycles. The molecule has 6 aliphatic rings. The molecule has 6 heterocycles. The van der Waals surface area contributed by atoms with Crippen LogP contribution >= 0.6 is 0 Å². The molecule has 6 aliphatic heterocycles. The molecule has 4 unspecified atom stereocenters. The first-order chi connectivity index (χ1) is 18.6. The van der Waals surface area contributed by atoms with Crippen LogP contribution in [0.4, 0.5) is 0 Å². The molecule has 0 aromatic heterocycles. The molecule has 6 fully saturated rings. The molecule has 3 spiro atoms. The van der Waals surface area contributed by atoms with Crippen molar-refractivity contribution < 1.29 is 4.74 Å². The van der Waals surface area contributed by atoms with Crippen LogP contribution in [0.1, 0.15) is 92.4 Å². The average Bonchev–Trinajstić information content (AvgIpc) is 3.50. The summed E-state index contributed by atoms with van der Waals surface area (Å²) in [6.45, 7) is 26.0. The maximum absolute atomic E-state index is 6.89. The Labute approximate surface area is 240 Å². The zero-order valence-electron chi connectivity index (χ0n) is 26.2. The molecular weight excluding hydrogens is 482 g/mol. The second-order valence-electron chi connectivity index (χ2n) is 16.2. The summed E-state index contributed by atoms with van der Waals surface area (Å²) in [5, 5.41) is 7.16. The van der Waals surface area contributed by atoms with Gasteiger partial charge in [0.1, 0.15) is 0 Å². The minimum atomic E-state index is 0.234. The Morgan fingerprint density at radius 1 is 0.846 bits per heavy atom. The van der Waals surface area contributed by atoms with Gasteiger partial charge in [-0.2, -0.15) is 0 Å². The zero-order valence-corrected chi connectivity index (χ0v) is 26.2. The van der Waals surface area contributed by atoms with E-state index in [2.05, 4.69) is 60.0 Å². The van der Waals surface area contributed by atoms with Crippen LogP contribution in [0.5, 0.6) is 0 Å². The maximum atomic E-state index is 6.89. The van der Waals surface area contributed by atoms with E-state index in [9.17, 15) is 0 Å². The highest BCUT2D eigenvalue weighted by atomic mass is 16.5. The number of hydrogen-bond acceptors (Lipinski definition) is 6. The fraction of sp³-hybridized carbons (Fsp3) is 1.00. The van der Waals surface area contributed by atoms with Crippen molar-refractivity contribution in [2.24, 2.45) is 22.2 Å². The molecule has 0 radical (unpaired) electrons. The van der Waals surface area contributed by atoms with E-state index in [-0.39, 0.29) is 5.54 Å². The van der Waals surface area contributed by atoms with Crippen LogP contribution in [0.25, 0.3) is 0 Å². The summed E-state index contributed by atoms with van der Waals surface area (Å²) in [6.07, 6.45) is 12.5. The fourth-order valence-corrected chi connectivity index (χ4v) is 9.62. The van der Waals surface area contributed by atoms with Crippen molar-refractivity contribution in [3.63, 3.8) is 0 Å². The van der Waals surface area contributed by atoms with Gasteiger partial charge in [0.25, 0.3) is 0 Å². The van der Waals surface area contributed by atoms with Crippen molar-refractivity contribution in [2.45, 2.75) is 116 Å². The van der Waals surface area contributed by atoms with E-state index in [4.69, 9.17) is 4.74 Å². The van der Waals surface area contributed by atoms with Crippen molar-refractivity contribution in [3.8, 4) is 0 Å². The molecule has 0 saturated carbocycles. The highest BCUT2D eigenvalue weighted by Crippen LogP contribution is 2.48. The third-order valence-electron chi connectivity index (χ3n) is 13.0. The van der Waals surface area contributed by atoms with Gasteiger partial charge in [0.05, 0.1) is 12.7 Å². The molecule has 0 amide bonds. The first kappa shape index (κ1) is 28.9. The highest BCUT2D eigenvalue weighted by Gasteiger charge is 2.51. The van der Waals surface area contributed by atoms with E-state index in [1.54, 1.807) is 0 Å². The van der Waals surface area contributed by atoms with Crippen molar-refractivity contribution in [1.29, 1.82) is 0 Å². The van der Waals surface area contributed by atoms with Crippen LogP contribution in [0.3, 0.4) is 0 Å². The van der Waals surface area contributed by atoms with E-state index in [1.165, 1.54) is 123 Å². The monoisotopic (exact) mass is 543 g/mol. The van der Waals surface area contributed by atoms with E-state index < -0.39 is 0 Å². The molecule has 224 valence electrons. The van der Waals surface area contributed by atoms with Crippen LogP contribution in [0.15, 0.2) is 0 Å². The third kappa shape index (κ3) is 5.86. The van der Waals surface area contributed by atoms with Crippen LogP contribution in [0, 0.1) is 22.2 Å². The molecule has 6 nitrogen and oxygen atoms in total. The highest BCUT2D eigenvalue weighted by molar-refractivity contribution is 5.03. The molecule has 0 bridgehead atoms. The van der Waals surface area contributed by atoms with Gasteiger partial charge >= 0.3 is 0 Å². The van der Waals surface area contributed by atoms with Gasteiger partial charge in [0.2, 0.25) is 0 Å². The lowest BCUT2D eigenvalue weighted by Gasteiger charge is -2.50. The van der Waals surface area contributed by atoms with Gasteiger partial charge in [-0.25, -0.2) is 0 Å². The molecule has 4 atom stereocenters. The second-order valence-corrected chi connectivity index (χ2v) is 16.2. The van der Waals surface area contributed by atoms with Gasteiger partial charge in [-0.05, 0) is 142 Å².